The van der Waals surface area contributed by atoms with Gasteiger partial charge in [-0.2, -0.15) is 0 Å². The molecule has 0 aromatic heterocycles. The minimum Gasteiger partial charge on any atom is -0.455 e. The molecular weight excluding hydrogens is 1250 g/mol. The van der Waals surface area contributed by atoms with Crippen molar-refractivity contribution in [1.82, 2.24) is 31.9 Å². The van der Waals surface area contributed by atoms with Gasteiger partial charge in [0, 0.05) is 65.7 Å². The first-order valence-electron chi connectivity index (χ1n) is 33.9. The van der Waals surface area contributed by atoms with Gasteiger partial charge in [0.2, 0.25) is 6.29 Å². The zero-order valence-electron chi connectivity index (χ0n) is 57.7. The molecule has 4 saturated carbocycles. The van der Waals surface area contributed by atoms with Crippen LogP contribution in [0.5, 0.6) is 0 Å². The zero-order valence-corrected chi connectivity index (χ0v) is 57.7. The Labute approximate surface area is 567 Å². The smallest absolute Gasteiger partial charge is 0.317 e. The first kappa shape index (κ1) is 71.8. The van der Waals surface area contributed by atoms with Crippen molar-refractivity contribution < 1.29 is 85.8 Å². The van der Waals surface area contributed by atoms with Crippen molar-refractivity contribution in [2.24, 2.45) is 44.8 Å². The number of amides is 6. The molecule has 24 heteroatoms. The Hall–Kier alpha value is -7.93. The summed E-state index contributed by atoms with van der Waals surface area (Å²) >= 11 is 0. The van der Waals surface area contributed by atoms with E-state index < -0.39 is 137 Å². The van der Waals surface area contributed by atoms with Crippen LogP contribution in [0.15, 0.2) is 103 Å². The van der Waals surface area contributed by atoms with E-state index in [1.165, 1.54) is 5.57 Å². The van der Waals surface area contributed by atoms with Gasteiger partial charge in [0.05, 0.1) is 6.10 Å². The van der Waals surface area contributed by atoms with Crippen LogP contribution in [0.3, 0.4) is 0 Å². The van der Waals surface area contributed by atoms with Gasteiger partial charge >= 0.3 is 47.9 Å². The summed E-state index contributed by atoms with van der Waals surface area (Å²) in [5, 5.41) is 17.3. The second kappa shape index (κ2) is 28.9. The molecular formula is C73H96N6O18. The van der Waals surface area contributed by atoms with Gasteiger partial charge < -0.3 is 74.5 Å². The van der Waals surface area contributed by atoms with E-state index >= 15 is 4.79 Å². The molecule has 3 aromatic carbocycles. The lowest BCUT2D eigenvalue weighted by atomic mass is 9.33. The second-order valence-corrected chi connectivity index (χ2v) is 29.5. The summed E-state index contributed by atoms with van der Waals surface area (Å²) < 4.78 is 57.0. The van der Waals surface area contributed by atoms with Crippen molar-refractivity contribution in [3.05, 3.63) is 119 Å². The van der Waals surface area contributed by atoms with Crippen LogP contribution in [0, 0.1) is 44.8 Å². The molecule has 97 heavy (non-hydrogen) atoms. The second-order valence-electron chi connectivity index (χ2n) is 29.5. The molecule has 2 aliphatic heterocycles. The molecule has 6 amide bonds. The van der Waals surface area contributed by atoms with Crippen LogP contribution in [-0.2, 0) is 91.0 Å². The Bertz CT molecular complexity index is 3450. The highest BCUT2D eigenvalue weighted by atomic mass is 16.8. The molecule has 6 fully saturated rings. The van der Waals surface area contributed by atoms with Gasteiger partial charge in [-0.05, 0) is 126 Å². The lowest BCUT2D eigenvalue weighted by Gasteiger charge is -2.70. The van der Waals surface area contributed by atoms with Crippen LogP contribution in [0.25, 0.3) is 0 Å². The van der Waals surface area contributed by atoms with Crippen LogP contribution in [0.4, 0.5) is 14.4 Å². The molecule has 7 aliphatic rings. The predicted molar refractivity (Wildman–Crippen MR) is 350 cm³/mol. The van der Waals surface area contributed by atoms with Crippen molar-refractivity contribution in [3.8, 4) is 0 Å². The van der Waals surface area contributed by atoms with Crippen molar-refractivity contribution >= 4 is 53.7 Å². The number of carbonyl (C=O) groups excluding carboxylic acids is 9. The molecule has 526 valence electrons. The van der Waals surface area contributed by atoms with Crippen LogP contribution in [0.1, 0.15) is 158 Å². The lowest BCUT2D eigenvalue weighted by Crippen LogP contribution is -2.70. The first-order chi connectivity index (χ1) is 45.8. The number of carbonyl (C=O) groups is 9. The van der Waals surface area contributed by atoms with Gasteiger partial charge in [-0.3, -0.25) is 28.8 Å². The highest BCUT2D eigenvalue weighted by molar-refractivity contribution is 5.95. The van der Waals surface area contributed by atoms with Crippen LogP contribution < -0.4 is 31.9 Å². The minimum atomic E-state index is -1.97. The molecule has 0 radical (unpaired) electrons. The van der Waals surface area contributed by atoms with Crippen molar-refractivity contribution in [2.45, 2.75) is 234 Å². The lowest BCUT2D eigenvalue weighted by molar-refractivity contribution is -0.378. The Kier molecular flexibility index (Phi) is 21.4. The maximum Gasteiger partial charge on any atom is 0.317 e. The third-order valence-electron chi connectivity index (χ3n) is 22.5. The van der Waals surface area contributed by atoms with Crippen molar-refractivity contribution in [1.29, 1.82) is 0 Å². The molecule has 2 saturated heterocycles. The summed E-state index contributed by atoms with van der Waals surface area (Å²) in [5.74, 6) is -5.01. The molecule has 19 atom stereocenters. The third kappa shape index (κ3) is 15.4. The fraction of sp³-hybridized carbons (Fsp3) is 0.603. The predicted octanol–water partition coefficient (Wildman–Crippen LogP) is 9.01. The van der Waals surface area contributed by atoms with E-state index in [-0.39, 0.29) is 47.6 Å². The number of esters is 5. The maximum absolute atomic E-state index is 15.7. The standard InChI is InChI=1S/C73H96N6O18/c1-41(80)89-54-56(91-43(3)82)62(78-66(87)75-39-47-24-18-14-19-25-47)97-64(58(54)93-45(5)84)95-59-55(90-42(2)81)57(92-44(4)83)61(77-65(86)74-38-46-22-16-13-17-23-46)96-63(59)94-53-29-30-71(10)52(68(53,6)7)28-31-73(12)60(71)51(85)36-49-50-37-70(9,34-32-69(50,8)33-35-72(49,73)11)79-67(88)76-40-48-26-20-15-21-27-48/h13-27,36,50,52-64H,28-35,37-40H2,1-12H3,(H2,74,77,86)(H2,75,78,87)(H2,76,79,88)/t50-,52-,53-,54-,55-,56-,57-,58+,59+,60+,61-,62+,63+,64+,69+,70-,71-,72+,73+/m0/s1. The minimum absolute atomic E-state index is 0.0310. The van der Waals surface area contributed by atoms with E-state index in [2.05, 4.69) is 80.4 Å². The monoisotopic (exact) mass is 1340 g/mol. The molecule has 0 bridgehead atoms. The SMILES string of the molecule is CC(=O)O[C@@H]1[C@@H](OC(C)=O)[C@H](O[C@H]2[C@H](O[C@H]3CC[C@]4(C)[C@H]5C(=O)C=C6[C@@H]7C[C@@](C)(NC(=O)NCc8ccccc8)CC[C@]7(C)CC[C@@]6(C)[C@]5(C)CC[C@H]4C3(C)C)O[C@H](NC(=O)NCc3ccccc3)[C@@H](OC(C)=O)[C@@H]2OC(C)=O)O[C@@H](NC(=O)NCc2ccccc2)[C@H]1OC(C)=O. The summed E-state index contributed by atoms with van der Waals surface area (Å²) in [6, 6.07) is 26.0. The Morgan fingerprint density at radius 3 is 1.40 bits per heavy atom. The van der Waals surface area contributed by atoms with Gasteiger partial charge in [-0.25, -0.2) is 14.4 Å². The van der Waals surface area contributed by atoms with E-state index in [9.17, 15) is 38.4 Å². The molecule has 10 rings (SSSR count). The van der Waals surface area contributed by atoms with E-state index in [4.69, 9.17) is 42.6 Å². The van der Waals surface area contributed by atoms with Crippen LogP contribution >= 0.6 is 0 Å². The normalized spacial score (nSPS) is 35.5. The van der Waals surface area contributed by atoms with Gasteiger partial charge in [-0.1, -0.05) is 138 Å². The highest BCUT2D eigenvalue weighted by Gasteiger charge is 2.71. The average Bonchev–Trinajstić information content (AvgIpc) is 0.674. The Balaban J connectivity index is 0.984. The Morgan fingerprint density at radius 2 is 0.918 bits per heavy atom. The topological polar surface area (TPSA) is 309 Å². The molecule has 2 heterocycles. The molecule has 0 spiro atoms. The van der Waals surface area contributed by atoms with E-state index in [1.807, 2.05) is 72.8 Å². The number of ether oxygens (including phenoxy) is 9. The van der Waals surface area contributed by atoms with Gasteiger partial charge in [0.15, 0.2) is 61.2 Å². The number of benzene rings is 3. The molecule has 24 nitrogen and oxygen atoms in total. The number of ketones is 1. The number of hydrogen-bond donors (Lipinski definition) is 6. The molecule has 0 unspecified atom stereocenters. The number of urea groups is 3. The van der Waals surface area contributed by atoms with E-state index in [1.54, 1.807) is 24.3 Å². The van der Waals surface area contributed by atoms with Crippen molar-refractivity contribution in [3.63, 3.8) is 0 Å². The average molecular weight is 1350 g/mol. The third-order valence-corrected chi connectivity index (χ3v) is 22.5. The number of allylic oxidation sites excluding steroid dienone is 2. The van der Waals surface area contributed by atoms with E-state index in [0.717, 1.165) is 77.0 Å². The number of hydrogen-bond acceptors (Lipinski definition) is 18. The van der Waals surface area contributed by atoms with Crippen molar-refractivity contribution in [2.75, 3.05) is 0 Å². The number of nitrogens with one attached hydrogen (secondary N) is 6. The largest absolute Gasteiger partial charge is 0.455 e. The number of fused-ring (bicyclic) bond motifs is 7. The number of rotatable bonds is 18. The highest BCUT2D eigenvalue weighted by Crippen LogP contribution is 2.75. The summed E-state index contributed by atoms with van der Waals surface area (Å²) in [6.07, 6.45) is -9.89. The summed E-state index contributed by atoms with van der Waals surface area (Å²) in [4.78, 5) is 124. The van der Waals surface area contributed by atoms with Crippen LogP contribution in [-0.4, -0.2) is 127 Å². The maximum atomic E-state index is 15.7. The zero-order chi connectivity index (χ0) is 70.0. The quantitative estimate of drug-likeness (QED) is 0.0393. The fourth-order valence-electron chi connectivity index (χ4n) is 17.7. The molecule has 5 aliphatic carbocycles. The summed E-state index contributed by atoms with van der Waals surface area (Å²) in [5.41, 5.74) is 0.834. The molecule has 3 aromatic rings. The van der Waals surface area contributed by atoms with Gasteiger partial charge in [-0.15, -0.1) is 0 Å². The van der Waals surface area contributed by atoms with Gasteiger partial charge in [0.25, 0.3) is 0 Å². The first-order valence-corrected chi connectivity index (χ1v) is 33.9. The van der Waals surface area contributed by atoms with Crippen LogP contribution in [0.2, 0.25) is 0 Å². The Morgan fingerprint density at radius 1 is 0.485 bits per heavy atom. The van der Waals surface area contributed by atoms with E-state index in [0.29, 0.717) is 38.6 Å². The fourth-order valence-corrected chi connectivity index (χ4v) is 17.7. The summed E-state index contributed by atoms with van der Waals surface area (Å²) in [6.45, 7) is 21.5. The molecule has 6 N–H and O–H groups in total. The van der Waals surface area contributed by atoms with Gasteiger partial charge in [0.1, 0.15) is 0 Å². The summed E-state index contributed by atoms with van der Waals surface area (Å²) in [7, 11) is 0.